The molecule has 142 valence electrons. The normalized spacial score (nSPS) is 14.9. The van der Waals surface area contributed by atoms with Crippen LogP contribution in [0.1, 0.15) is 5.56 Å². The lowest BCUT2D eigenvalue weighted by Gasteiger charge is -2.17. The summed E-state index contributed by atoms with van der Waals surface area (Å²) in [7, 11) is 0. The molecular formula is C19H15FN4O3S. The van der Waals surface area contributed by atoms with Crippen LogP contribution in [0.15, 0.2) is 65.3 Å². The van der Waals surface area contributed by atoms with Gasteiger partial charge in [0.1, 0.15) is 11.5 Å². The maximum atomic E-state index is 13.3. The molecule has 0 radical (unpaired) electrons. The van der Waals surface area contributed by atoms with Gasteiger partial charge in [0.2, 0.25) is 5.91 Å². The Hall–Kier alpha value is -3.46. The van der Waals surface area contributed by atoms with E-state index in [0.29, 0.717) is 5.69 Å². The number of carbonyl (C=O) groups excluding carboxylic acids is 3. The molecule has 2 aromatic carbocycles. The summed E-state index contributed by atoms with van der Waals surface area (Å²) >= 11 is 0.960. The standard InChI is InChI=1S/C19H15FN4O3S/c20-13-6-8-14(9-7-13)24-17(26)15(10-12-4-2-1-3-5-12)22-19(24)28-11-16(25)23-18(21)27/h1-10H,11H2,(H3,21,23,25,27). The van der Waals surface area contributed by atoms with Gasteiger partial charge in [0.25, 0.3) is 5.91 Å². The molecule has 0 spiro atoms. The van der Waals surface area contributed by atoms with Gasteiger partial charge in [-0.2, -0.15) is 0 Å². The second-order valence-corrected chi connectivity index (χ2v) is 6.60. The summed E-state index contributed by atoms with van der Waals surface area (Å²) in [6, 6.07) is 13.5. The van der Waals surface area contributed by atoms with Crippen molar-refractivity contribution in [2.24, 2.45) is 10.7 Å². The topological polar surface area (TPSA) is 105 Å². The number of amidine groups is 1. The van der Waals surface area contributed by atoms with Crippen molar-refractivity contribution in [3.05, 3.63) is 71.7 Å². The molecule has 0 aliphatic carbocycles. The molecule has 1 aliphatic rings. The first kappa shape index (κ1) is 19.3. The molecule has 4 amide bonds. The van der Waals surface area contributed by atoms with E-state index in [4.69, 9.17) is 5.73 Å². The van der Waals surface area contributed by atoms with Gasteiger partial charge in [-0.05, 0) is 35.9 Å². The number of nitrogens with zero attached hydrogens (tertiary/aromatic N) is 2. The van der Waals surface area contributed by atoms with Crippen LogP contribution in [0, 0.1) is 5.82 Å². The number of rotatable bonds is 4. The minimum Gasteiger partial charge on any atom is -0.351 e. The highest BCUT2D eigenvalue weighted by Crippen LogP contribution is 2.29. The van der Waals surface area contributed by atoms with Gasteiger partial charge in [0.05, 0.1) is 11.4 Å². The van der Waals surface area contributed by atoms with E-state index in [1.807, 2.05) is 35.6 Å². The van der Waals surface area contributed by atoms with E-state index in [9.17, 15) is 18.8 Å². The van der Waals surface area contributed by atoms with Crippen molar-refractivity contribution < 1.29 is 18.8 Å². The molecule has 3 N–H and O–H groups in total. The Labute approximate surface area is 164 Å². The zero-order valence-corrected chi connectivity index (χ0v) is 15.3. The number of benzene rings is 2. The molecule has 0 unspecified atom stereocenters. The minimum absolute atomic E-state index is 0.174. The lowest BCUT2D eigenvalue weighted by atomic mass is 10.2. The van der Waals surface area contributed by atoms with Gasteiger partial charge in [-0.25, -0.2) is 14.2 Å². The van der Waals surface area contributed by atoms with E-state index in [2.05, 4.69) is 4.99 Å². The number of imide groups is 1. The summed E-state index contributed by atoms with van der Waals surface area (Å²) in [5.74, 6) is -1.64. The monoisotopic (exact) mass is 398 g/mol. The van der Waals surface area contributed by atoms with Crippen molar-refractivity contribution in [1.29, 1.82) is 0 Å². The van der Waals surface area contributed by atoms with E-state index < -0.39 is 23.7 Å². The summed E-state index contributed by atoms with van der Waals surface area (Å²) < 4.78 is 13.3. The third kappa shape index (κ3) is 4.63. The van der Waals surface area contributed by atoms with Crippen molar-refractivity contribution in [3.63, 3.8) is 0 Å². The quantitative estimate of drug-likeness (QED) is 0.772. The maximum absolute atomic E-state index is 13.3. The van der Waals surface area contributed by atoms with Gasteiger partial charge >= 0.3 is 6.03 Å². The van der Waals surface area contributed by atoms with E-state index in [-0.39, 0.29) is 16.6 Å². The Morgan fingerprint density at radius 3 is 2.46 bits per heavy atom. The lowest BCUT2D eigenvalue weighted by molar-refractivity contribution is -0.117. The molecule has 1 heterocycles. The molecule has 0 atom stereocenters. The number of thioether (sulfide) groups is 1. The van der Waals surface area contributed by atoms with Gasteiger partial charge in [0.15, 0.2) is 5.17 Å². The number of urea groups is 1. The smallest absolute Gasteiger partial charge is 0.318 e. The average Bonchev–Trinajstić information content (AvgIpc) is 2.97. The van der Waals surface area contributed by atoms with Gasteiger partial charge in [-0.3, -0.25) is 19.8 Å². The molecule has 28 heavy (non-hydrogen) atoms. The highest BCUT2D eigenvalue weighted by Gasteiger charge is 2.32. The number of nitrogens with one attached hydrogen (secondary N) is 1. The summed E-state index contributed by atoms with van der Waals surface area (Å²) in [6.07, 6.45) is 1.62. The number of halogens is 1. The van der Waals surface area contributed by atoms with Crippen LogP contribution in [0.3, 0.4) is 0 Å². The van der Waals surface area contributed by atoms with Crippen LogP contribution in [-0.4, -0.2) is 28.8 Å². The molecule has 1 aliphatic heterocycles. The Morgan fingerprint density at radius 1 is 1.14 bits per heavy atom. The number of nitrogens with two attached hydrogens (primary N) is 1. The zero-order valence-electron chi connectivity index (χ0n) is 14.5. The van der Waals surface area contributed by atoms with Crippen LogP contribution >= 0.6 is 11.8 Å². The fraction of sp³-hybridized carbons (Fsp3) is 0.0526. The first-order chi connectivity index (χ1) is 13.4. The summed E-state index contributed by atoms with van der Waals surface area (Å²) in [6.45, 7) is 0. The Kier molecular flexibility index (Phi) is 5.85. The summed E-state index contributed by atoms with van der Waals surface area (Å²) in [5.41, 5.74) is 6.29. The molecule has 0 bridgehead atoms. The van der Waals surface area contributed by atoms with Crippen LogP contribution in [-0.2, 0) is 9.59 Å². The van der Waals surface area contributed by atoms with E-state index in [1.54, 1.807) is 6.08 Å². The van der Waals surface area contributed by atoms with E-state index in [1.165, 1.54) is 29.2 Å². The molecule has 0 fully saturated rings. The lowest BCUT2D eigenvalue weighted by Crippen LogP contribution is -2.37. The van der Waals surface area contributed by atoms with E-state index in [0.717, 1.165) is 17.3 Å². The van der Waals surface area contributed by atoms with Crippen LogP contribution in [0.4, 0.5) is 14.9 Å². The molecule has 0 saturated heterocycles. The van der Waals surface area contributed by atoms with Crippen molar-refractivity contribution in [2.45, 2.75) is 0 Å². The third-order valence-electron chi connectivity index (χ3n) is 3.61. The number of hydrogen-bond donors (Lipinski definition) is 2. The second kappa shape index (κ2) is 8.49. The van der Waals surface area contributed by atoms with Crippen molar-refractivity contribution in [3.8, 4) is 0 Å². The Balaban J connectivity index is 1.90. The average molecular weight is 398 g/mol. The number of aliphatic imine (C=N–C) groups is 1. The van der Waals surface area contributed by atoms with Gasteiger partial charge < -0.3 is 5.73 Å². The van der Waals surface area contributed by atoms with Crippen molar-refractivity contribution >= 4 is 46.5 Å². The molecule has 0 aromatic heterocycles. The number of primary amides is 1. The highest BCUT2D eigenvalue weighted by atomic mass is 32.2. The second-order valence-electron chi connectivity index (χ2n) is 5.65. The van der Waals surface area contributed by atoms with E-state index >= 15 is 0 Å². The molecular weight excluding hydrogens is 383 g/mol. The predicted octanol–water partition coefficient (Wildman–Crippen LogP) is 2.50. The highest BCUT2D eigenvalue weighted by molar-refractivity contribution is 8.14. The molecule has 9 heteroatoms. The minimum atomic E-state index is -0.963. The molecule has 0 saturated carbocycles. The Bertz CT molecular complexity index is 974. The fourth-order valence-electron chi connectivity index (χ4n) is 2.42. The van der Waals surface area contributed by atoms with Crippen LogP contribution in [0.5, 0.6) is 0 Å². The van der Waals surface area contributed by atoms with Crippen LogP contribution in [0.2, 0.25) is 0 Å². The predicted molar refractivity (Wildman–Crippen MR) is 106 cm³/mol. The van der Waals surface area contributed by atoms with Crippen LogP contribution < -0.4 is 16.0 Å². The largest absolute Gasteiger partial charge is 0.351 e. The first-order valence-electron chi connectivity index (χ1n) is 8.11. The first-order valence-corrected chi connectivity index (χ1v) is 9.10. The summed E-state index contributed by atoms with van der Waals surface area (Å²) in [4.78, 5) is 41.0. The van der Waals surface area contributed by atoms with Crippen LogP contribution in [0.25, 0.3) is 6.08 Å². The Morgan fingerprint density at radius 2 is 1.82 bits per heavy atom. The van der Waals surface area contributed by atoms with Crippen molar-refractivity contribution in [1.82, 2.24) is 5.32 Å². The molecule has 7 nitrogen and oxygen atoms in total. The molecule has 3 rings (SSSR count). The van der Waals surface area contributed by atoms with Crippen molar-refractivity contribution in [2.75, 3.05) is 10.7 Å². The van der Waals surface area contributed by atoms with Gasteiger partial charge in [-0.1, -0.05) is 42.1 Å². The number of anilines is 1. The maximum Gasteiger partial charge on any atom is 0.318 e. The molecule has 2 aromatic rings. The SMILES string of the molecule is NC(=O)NC(=O)CSC1=NC(=Cc2ccccc2)C(=O)N1c1ccc(F)cc1. The summed E-state index contributed by atoms with van der Waals surface area (Å²) in [5, 5.41) is 2.18. The van der Waals surface area contributed by atoms with Gasteiger partial charge in [0, 0.05) is 0 Å². The zero-order chi connectivity index (χ0) is 20.1. The number of carbonyl (C=O) groups is 3. The van der Waals surface area contributed by atoms with Gasteiger partial charge in [-0.15, -0.1) is 0 Å². The fourth-order valence-corrected chi connectivity index (χ4v) is 3.23. The number of amides is 4. The number of hydrogen-bond acceptors (Lipinski definition) is 5. The third-order valence-corrected chi connectivity index (χ3v) is 4.55.